The van der Waals surface area contributed by atoms with E-state index in [1.165, 1.54) is 65.7 Å². The van der Waals surface area contributed by atoms with Crippen molar-refractivity contribution in [3.8, 4) is 22.3 Å². The van der Waals surface area contributed by atoms with Crippen LogP contribution in [0.4, 0.5) is 34.1 Å². The van der Waals surface area contributed by atoms with Crippen molar-refractivity contribution in [1.29, 1.82) is 0 Å². The molecule has 0 fully saturated rings. The van der Waals surface area contributed by atoms with Gasteiger partial charge in [0.1, 0.15) is 0 Å². The molecule has 0 radical (unpaired) electrons. The summed E-state index contributed by atoms with van der Waals surface area (Å²) >= 11 is 0. The molecule has 1 aliphatic carbocycles. The zero-order chi connectivity index (χ0) is 39.5. The molecule has 0 N–H and O–H groups in total. The molecule has 11 rings (SSSR count). The van der Waals surface area contributed by atoms with Crippen LogP contribution in [0.2, 0.25) is 0 Å². The molecule has 0 atom stereocenters. The summed E-state index contributed by atoms with van der Waals surface area (Å²) in [6, 6.07) is 79.6. The Morgan fingerprint density at radius 2 is 0.814 bits per heavy atom. The maximum Gasteiger partial charge on any atom is 0.0468 e. The van der Waals surface area contributed by atoms with E-state index in [-0.39, 0.29) is 5.41 Å². The molecule has 10 aromatic rings. The van der Waals surface area contributed by atoms with Gasteiger partial charge in [-0.1, -0.05) is 153 Å². The van der Waals surface area contributed by atoms with E-state index in [1.807, 2.05) is 0 Å². The first-order valence-electron chi connectivity index (χ1n) is 20.5. The third kappa shape index (κ3) is 5.79. The monoisotopic (exact) mass is 754 g/mol. The largest absolute Gasteiger partial charge is 0.310 e. The zero-order valence-corrected chi connectivity index (χ0v) is 33.2. The standard InChI is InChI=1S/C57H42N2/c1-57(2)54-38-48(58(43-18-6-3-7-19-43)44-20-8-4-9-21-44)33-35-52(54)55-50-25-15-14-24-49(50)53-37-42(29-34-51(53)56(55)57)40-26-30-46(31-27-40)59(45-22-10-5-11-23-45)47-32-28-39-16-12-13-17-41(39)36-47/h3-38H,1-2H3. The van der Waals surface area contributed by atoms with E-state index in [9.17, 15) is 0 Å². The molecule has 0 saturated heterocycles. The fourth-order valence-corrected chi connectivity index (χ4v) is 9.58. The van der Waals surface area contributed by atoms with Crippen molar-refractivity contribution in [3.63, 3.8) is 0 Å². The highest BCUT2D eigenvalue weighted by Gasteiger charge is 2.39. The topological polar surface area (TPSA) is 6.48 Å². The lowest BCUT2D eigenvalue weighted by Crippen LogP contribution is -2.17. The molecule has 0 heterocycles. The first-order chi connectivity index (χ1) is 29.0. The summed E-state index contributed by atoms with van der Waals surface area (Å²) in [7, 11) is 0. The molecular weight excluding hydrogens is 713 g/mol. The van der Waals surface area contributed by atoms with Crippen molar-refractivity contribution >= 4 is 66.4 Å². The van der Waals surface area contributed by atoms with Gasteiger partial charge in [-0.25, -0.2) is 0 Å². The van der Waals surface area contributed by atoms with Crippen molar-refractivity contribution in [2.75, 3.05) is 9.80 Å². The molecule has 59 heavy (non-hydrogen) atoms. The van der Waals surface area contributed by atoms with Crippen LogP contribution < -0.4 is 9.80 Å². The molecule has 0 spiro atoms. The van der Waals surface area contributed by atoms with Crippen molar-refractivity contribution < 1.29 is 0 Å². The first kappa shape index (κ1) is 34.8. The average molecular weight is 755 g/mol. The highest BCUT2D eigenvalue weighted by atomic mass is 15.1. The Morgan fingerprint density at radius 1 is 0.322 bits per heavy atom. The Bertz CT molecular complexity index is 3130. The molecule has 1 aliphatic rings. The van der Waals surface area contributed by atoms with E-state index in [1.54, 1.807) is 0 Å². The number of para-hydroxylation sites is 3. The minimum atomic E-state index is -0.227. The van der Waals surface area contributed by atoms with Crippen molar-refractivity contribution in [2.24, 2.45) is 0 Å². The normalized spacial score (nSPS) is 12.7. The maximum atomic E-state index is 2.43. The fourth-order valence-electron chi connectivity index (χ4n) is 9.58. The highest BCUT2D eigenvalue weighted by Crippen LogP contribution is 2.56. The average Bonchev–Trinajstić information content (AvgIpc) is 3.54. The van der Waals surface area contributed by atoms with E-state index >= 15 is 0 Å². The number of fused-ring (bicyclic) bond motifs is 9. The molecular formula is C57H42N2. The summed E-state index contributed by atoms with van der Waals surface area (Å²) < 4.78 is 0. The van der Waals surface area contributed by atoms with E-state index in [0.717, 1.165) is 34.1 Å². The molecule has 0 saturated carbocycles. The number of hydrogen-bond acceptors (Lipinski definition) is 2. The van der Waals surface area contributed by atoms with E-state index in [2.05, 4.69) is 242 Å². The molecule has 0 unspecified atom stereocenters. The second-order valence-electron chi connectivity index (χ2n) is 16.2. The molecule has 2 nitrogen and oxygen atoms in total. The van der Waals surface area contributed by atoms with Crippen LogP contribution in [0.5, 0.6) is 0 Å². The van der Waals surface area contributed by atoms with Gasteiger partial charge in [0.25, 0.3) is 0 Å². The van der Waals surface area contributed by atoms with Gasteiger partial charge in [-0.05, 0) is 145 Å². The fraction of sp³-hybridized carbons (Fsp3) is 0.0526. The lowest BCUT2D eigenvalue weighted by atomic mass is 9.78. The number of anilines is 6. The van der Waals surface area contributed by atoms with Gasteiger partial charge >= 0.3 is 0 Å². The summed E-state index contributed by atoms with van der Waals surface area (Å²) in [6.07, 6.45) is 0. The van der Waals surface area contributed by atoms with Crippen LogP contribution in [0.15, 0.2) is 218 Å². The molecule has 280 valence electrons. The Balaban J connectivity index is 1.01. The summed E-state index contributed by atoms with van der Waals surface area (Å²) in [5.41, 5.74) is 14.5. The van der Waals surface area contributed by atoms with Gasteiger partial charge in [-0.2, -0.15) is 0 Å². The zero-order valence-electron chi connectivity index (χ0n) is 33.2. The number of rotatable bonds is 7. The Labute approximate surface area is 345 Å². The first-order valence-corrected chi connectivity index (χ1v) is 20.5. The lowest BCUT2D eigenvalue weighted by molar-refractivity contribution is 0.666. The summed E-state index contributed by atoms with van der Waals surface area (Å²) in [5.74, 6) is 0. The van der Waals surface area contributed by atoms with Crippen LogP contribution in [0, 0.1) is 0 Å². The van der Waals surface area contributed by atoms with Crippen LogP contribution in [-0.4, -0.2) is 0 Å². The smallest absolute Gasteiger partial charge is 0.0468 e. The van der Waals surface area contributed by atoms with Gasteiger partial charge in [-0.3, -0.25) is 0 Å². The molecule has 0 aromatic heterocycles. The van der Waals surface area contributed by atoms with E-state index in [0.29, 0.717) is 0 Å². The maximum absolute atomic E-state index is 2.43. The van der Waals surface area contributed by atoms with Gasteiger partial charge in [0.15, 0.2) is 0 Å². The summed E-state index contributed by atoms with van der Waals surface area (Å²) in [5, 5.41) is 7.66. The molecule has 2 heteroatoms. The van der Waals surface area contributed by atoms with Gasteiger partial charge in [0, 0.05) is 39.5 Å². The molecule has 0 aliphatic heterocycles. The number of hydrogen-bond donors (Lipinski definition) is 0. The van der Waals surface area contributed by atoms with Crippen LogP contribution in [0.25, 0.3) is 54.6 Å². The van der Waals surface area contributed by atoms with Gasteiger partial charge in [-0.15, -0.1) is 0 Å². The van der Waals surface area contributed by atoms with Gasteiger partial charge in [0.2, 0.25) is 0 Å². The third-order valence-corrected chi connectivity index (χ3v) is 12.3. The van der Waals surface area contributed by atoms with Gasteiger partial charge in [0.05, 0.1) is 0 Å². The van der Waals surface area contributed by atoms with Crippen LogP contribution in [-0.2, 0) is 5.41 Å². The van der Waals surface area contributed by atoms with Crippen LogP contribution >= 0.6 is 0 Å². The molecule has 0 amide bonds. The van der Waals surface area contributed by atoms with Crippen molar-refractivity contribution in [2.45, 2.75) is 19.3 Å². The highest BCUT2D eigenvalue weighted by molar-refractivity contribution is 6.19. The predicted octanol–water partition coefficient (Wildman–Crippen LogP) is 16.1. The summed E-state index contributed by atoms with van der Waals surface area (Å²) in [6.45, 7) is 4.82. The molecule has 0 bridgehead atoms. The number of nitrogens with zero attached hydrogens (tertiary/aromatic N) is 2. The molecule has 10 aromatic carbocycles. The Kier molecular flexibility index (Phi) is 8.20. The second kappa shape index (κ2) is 13.9. The third-order valence-electron chi connectivity index (χ3n) is 12.3. The minimum absolute atomic E-state index is 0.227. The van der Waals surface area contributed by atoms with Crippen molar-refractivity contribution in [1.82, 2.24) is 0 Å². The summed E-state index contributed by atoms with van der Waals surface area (Å²) in [4.78, 5) is 4.71. The van der Waals surface area contributed by atoms with E-state index < -0.39 is 0 Å². The Morgan fingerprint density at radius 3 is 1.46 bits per heavy atom. The van der Waals surface area contributed by atoms with Crippen molar-refractivity contribution in [3.05, 3.63) is 230 Å². The van der Waals surface area contributed by atoms with Crippen LogP contribution in [0.3, 0.4) is 0 Å². The van der Waals surface area contributed by atoms with E-state index in [4.69, 9.17) is 0 Å². The van der Waals surface area contributed by atoms with Gasteiger partial charge < -0.3 is 9.80 Å². The Hall–Kier alpha value is -7.42. The van der Waals surface area contributed by atoms with Crippen LogP contribution in [0.1, 0.15) is 25.0 Å². The second-order valence-corrected chi connectivity index (χ2v) is 16.2. The quantitative estimate of drug-likeness (QED) is 0.150. The number of benzene rings is 10. The predicted molar refractivity (Wildman–Crippen MR) is 251 cm³/mol. The SMILES string of the molecule is CC1(C)c2cc(N(c3ccccc3)c3ccccc3)ccc2-c2c1c1ccc(-c3ccc(N(c4ccccc4)c4ccc5ccccc5c4)cc3)cc1c1ccccc21. The minimum Gasteiger partial charge on any atom is -0.310 e. The lowest BCUT2D eigenvalue weighted by Gasteiger charge is -2.28.